The van der Waals surface area contributed by atoms with Crippen LogP contribution in [0.5, 0.6) is 0 Å². The fraction of sp³-hybridized carbons (Fsp3) is 0.450. The van der Waals surface area contributed by atoms with Gasteiger partial charge in [-0.05, 0) is 59.8 Å². The lowest BCUT2D eigenvalue weighted by Crippen LogP contribution is -2.36. The number of fused-ring (bicyclic) bond motifs is 1. The Morgan fingerprint density at radius 3 is 2.87 bits per heavy atom. The topological polar surface area (TPSA) is 72.9 Å². The smallest absolute Gasteiger partial charge is 0.246 e. The van der Waals surface area contributed by atoms with Gasteiger partial charge in [0.1, 0.15) is 4.60 Å². The Morgan fingerprint density at radius 2 is 2.10 bits per heavy atom. The molecule has 4 rings (SSSR count). The molecule has 1 unspecified atom stereocenters. The summed E-state index contributed by atoms with van der Waals surface area (Å²) in [6.07, 6.45) is 6.31. The molecule has 6 nitrogen and oxygen atoms in total. The van der Waals surface area contributed by atoms with Crippen LogP contribution >= 0.6 is 15.9 Å². The van der Waals surface area contributed by atoms with Gasteiger partial charge in [-0.15, -0.1) is 0 Å². The van der Waals surface area contributed by atoms with Crippen LogP contribution in [0.3, 0.4) is 0 Å². The zero-order chi connectivity index (χ0) is 21.5. The number of piperidine rings is 1. The molecule has 1 aliphatic heterocycles. The van der Waals surface area contributed by atoms with Crippen LogP contribution in [0.4, 0.5) is 19.1 Å². The largest absolute Gasteiger partial charge is 0.368 e. The molecule has 160 valence electrons. The Balaban J connectivity index is 1.72. The summed E-state index contributed by atoms with van der Waals surface area (Å²) in [4.78, 5) is 14.2. The first kappa shape index (κ1) is 21.0. The van der Waals surface area contributed by atoms with Crippen molar-refractivity contribution < 1.29 is 13.2 Å². The van der Waals surface area contributed by atoms with Crippen LogP contribution in [0.1, 0.15) is 37.7 Å². The minimum atomic E-state index is -2.68. The summed E-state index contributed by atoms with van der Waals surface area (Å²) in [5.41, 5.74) is 7.42. The molecule has 30 heavy (non-hydrogen) atoms. The number of pyridine rings is 1. The van der Waals surface area contributed by atoms with Gasteiger partial charge in [0.05, 0.1) is 11.7 Å². The van der Waals surface area contributed by atoms with Crippen molar-refractivity contribution >= 4 is 32.8 Å². The average molecular weight is 483 g/mol. The highest BCUT2D eigenvalue weighted by Crippen LogP contribution is 2.36. The maximum Gasteiger partial charge on any atom is 0.246 e. The van der Waals surface area contributed by atoms with Crippen molar-refractivity contribution in [2.24, 2.45) is 0 Å². The lowest BCUT2D eigenvalue weighted by atomic mass is 9.90. The summed E-state index contributed by atoms with van der Waals surface area (Å²) < 4.78 is 43.4. The van der Waals surface area contributed by atoms with E-state index in [4.69, 9.17) is 5.73 Å². The van der Waals surface area contributed by atoms with E-state index in [2.05, 4.69) is 35.8 Å². The molecule has 0 aromatic carbocycles. The quantitative estimate of drug-likeness (QED) is 0.541. The summed E-state index contributed by atoms with van der Waals surface area (Å²) >= 11 is 3.37. The molecule has 0 bridgehead atoms. The van der Waals surface area contributed by atoms with E-state index in [1.165, 1.54) is 0 Å². The van der Waals surface area contributed by atoms with Crippen LogP contribution < -0.4 is 5.73 Å². The standard InChI is InChI=1S/C20H22BrF3N6/c1-20(23,24)4-6-29-5-2-3-12(10-29)14-11-30(16-7-17(21)26-8-13(14)16)18-15(22)9-27-19(25)28-18/h7-9,11-12H,2-6,10H2,1H3,(H2,25,27,28). The predicted octanol–water partition coefficient (Wildman–Crippen LogP) is 4.52. The number of anilines is 1. The maximum absolute atomic E-state index is 14.5. The van der Waals surface area contributed by atoms with Crippen LogP contribution in [0.25, 0.3) is 16.7 Å². The molecule has 0 aliphatic carbocycles. The predicted molar refractivity (Wildman–Crippen MR) is 112 cm³/mol. The van der Waals surface area contributed by atoms with Crippen molar-refractivity contribution in [3.8, 4) is 5.82 Å². The number of aromatic nitrogens is 4. The molecule has 10 heteroatoms. The minimum Gasteiger partial charge on any atom is -0.368 e. The first-order valence-electron chi connectivity index (χ1n) is 9.76. The molecular weight excluding hydrogens is 461 g/mol. The van der Waals surface area contributed by atoms with Gasteiger partial charge in [0.25, 0.3) is 0 Å². The van der Waals surface area contributed by atoms with E-state index >= 15 is 0 Å². The number of hydrogen-bond acceptors (Lipinski definition) is 5. The molecule has 3 aromatic rings. The molecule has 4 heterocycles. The number of hydrogen-bond donors (Lipinski definition) is 1. The maximum atomic E-state index is 14.5. The molecule has 1 atom stereocenters. The lowest BCUT2D eigenvalue weighted by molar-refractivity contribution is 0.000923. The number of halogens is 4. The minimum absolute atomic E-state index is 0.0211. The van der Waals surface area contributed by atoms with Crippen molar-refractivity contribution in [1.29, 1.82) is 0 Å². The van der Waals surface area contributed by atoms with Crippen molar-refractivity contribution in [3.05, 3.63) is 40.6 Å². The van der Waals surface area contributed by atoms with Gasteiger partial charge in [-0.3, -0.25) is 4.57 Å². The Morgan fingerprint density at radius 1 is 1.30 bits per heavy atom. The van der Waals surface area contributed by atoms with E-state index in [1.54, 1.807) is 16.8 Å². The van der Waals surface area contributed by atoms with Crippen LogP contribution in [0, 0.1) is 5.82 Å². The van der Waals surface area contributed by atoms with Gasteiger partial charge in [0.15, 0.2) is 11.6 Å². The molecule has 0 amide bonds. The van der Waals surface area contributed by atoms with Crippen molar-refractivity contribution in [2.75, 3.05) is 25.4 Å². The fourth-order valence-electron chi connectivity index (χ4n) is 4.03. The molecule has 0 saturated carbocycles. The molecule has 3 aromatic heterocycles. The Labute approximate surface area is 180 Å². The second kappa shape index (κ2) is 8.14. The summed E-state index contributed by atoms with van der Waals surface area (Å²) in [5, 5.41) is 0.877. The zero-order valence-corrected chi connectivity index (χ0v) is 18.0. The fourth-order valence-corrected chi connectivity index (χ4v) is 4.35. The number of nitrogens with two attached hydrogens (primary N) is 1. The monoisotopic (exact) mass is 482 g/mol. The Kier molecular flexibility index (Phi) is 5.71. The van der Waals surface area contributed by atoms with E-state index in [9.17, 15) is 13.2 Å². The van der Waals surface area contributed by atoms with Gasteiger partial charge >= 0.3 is 0 Å². The van der Waals surface area contributed by atoms with Crippen molar-refractivity contribution in [2.45, 2.75) is 38.0 Å². The van der Waals surface area contributed by atoms with Crippen molar-refractivity contribution in [3.63, 3.8) is 0 Å². The molecule has 0 spiro atoms. The number of likely N-dealkylation sites (tertiary alicyclic amines) is 1. The summed E-state index contributed by atoms with van der Waals surface area (Å²) in [6.45, 7) is 2.76. The van der Waals surface area contributed by atoms with Crippen molar-refractivity contribution in [1.82, 2.24) is 24.4 Å². The lowest BCUT2D eigenvalue weighted by Gasteiger charge is -2.33. The third-order valence-electron chi connectivity index (χ3n) is 5.47. The first-order chi connectivity index (χ1) is 14.2. The molecule has 1 saturated heterocycles. The SMILES string of the molecule is CC(F)(F)CCN1CCCC(c2cn(-c3nc(N)ncc3F)c3cc(Br)ncc23)C1. The first-order valence-corrected chi connectivity index (χ1v) is 10.6. The molecule has 1 fully saturated rings. The average Bonchev–Trinajstić information content (AvgIpc) is 3.06. The van der Waals surface area contributed by atoms with Gasteiger partial charge in [0, 0.05) is 37.3 Å². The third kappa shape index (κ3) is 4.44. The Bertz CT molecular complexity index is 1060. The van der Waals surface area contributed by atoms with Gasteiger partial charge in [-0.2, -0.15) is 4.98 Å². The van der Waals surface area contributed by atoms with E-state index in [-0.39, 0.29) is 24.1 Å². The van der Waals surface area contributed by atoms with Crippen LogP contribution in [0.2, 0.25) is 0 Å². The second-order valence-electron chi connectivity index (χ2n) is 7.84. The second-order valence-corrected chi connectivity index (χ2v) is 8.65. The molecule has 0 radical (unpaired) electrons. The van der Waals surface area contributed by atoms with Gasteiger partial charge < -0.3 is 10.6 Å². The number of nitrogens with zero attached hydrogens (tertiary/aromatic N) is 5. The third-order valence-corrected chi connectivity index (χ3v) is 5.91. The summed E-state index contributed by atoms with van der Waals surface area (Å²) in [6, 6.07) is 1.80. The molecular formula is C20H22BrF3N6. The summed E-state index contributed by atoms with van der Waals surface area (Å²) in [7, 11) is 0. The zero-order valence-electron chi connectivity index (χ0n) is 16.5. The number of rotatable bonds is 5. The van der Waals surface area contributed by atoms with Crippen LogP contribution in [-0.4, -0.2) is 50.0 Å². The van der Waals surface area contributed by atoms with Gasteiger partial charge in [-0.25, -0.2) is 23.1 Å². The van der Waals surface area contributed by atoms with E-state index in [0.29, 0.717) is 17.7 Å². The Hall–Kier alpha value is -2.20. The van der Waals surface area contributed by atoms with E-state index in [1.807, 2.05) is 6.20 Å². The highest BCUT2D eigenvalue weighted by molar-refractivity contribution is 9.10. The number of alkyl halides is 2. The van der Waals surface area contributed by atoms with Crippen LogP contribution in [-0.2, 0) is 0 Å². The van der Waals surface area contributed by atoms with Gasteiger partial charge in [-0.1, -0.05) is 0 Å². The van der Waals surface area contributed by atoms with E-state index in [0.717, 1.165) is 49.0 Å². The molecule has 2 N–H and O–H groups in total. The highest BCUT2D eigenvalue weighted by Gasteiger charge is 2.28. The number of nitrogen functional groups attached to an aromatic ring is 1. The van der Waals surface area contributed by atoms with E-state index < -0.39 is 11.7 Å². The normalized spacial score (nSPS) is 18.2. The van der Waals surface area contributed by atoms with Crippen LogP contribution in [0.15, 0.2) is 29.3 Å². The summed E-state index contributed by atoms with van der Waals surface area (Å²) in [5.74, 6) is -3.10. The molecule has 1 aliphatic rings. The van der Waals surface area contributed by atoms with Gasteiger partial charge in [0.2, 0.25) is 11.9 Å². The highest BCUT2D eigenvalue weighted by atomic mass is 79.9.